The molecule has 0 saturated heterocycles. The fourth-order valence-electron chi connectivity index (χ4n) is 2.84. The van der Waals surface area contributed by atoms with Gasteiger partial charge >= 0.3 is 0 Å². The summed E-state index contributed by atoms with van der Waals surface area (Å²) in [7, 11) is 0. The Morgan fingerprint density at radius 1 is 1.04 bits per heavy atom. The summed E-state index contributed by atoms with van der Waals surface area (Å²) in [6.07, 6.45) is 3.86. The second-order valence-electron chi connectivity index (χ2n) is 6.09. The van der Waals surface area contributed by atoms with Crippen LogP contribution < -0.4 is 5.32 Å². The maximum absolute atomic E-state index is 13.6. The third kappa shape index (κ3) is 4.25. The van der Waals surface area contributed by atoms with Crippen molar-refractivity contribution in [3.8, 4) is 0 Å². The predicted octanol–water partition coefficient (Wildman–Crippen LogP) is 4.45. The van der Waals surface area contributed by atoms with Crippen molar-refractivity contribution >= 4 is 17.4 Å². The van der Waals surface area contributed by atoms with Crippen LogP contribution >= 0.6 is 0 Å². The van der Waals surface area contributed by atoms with Crippen LogP contribution in [0.3, 0.4) is 0 Å². The Balaban J connectivity index is 1.76. The molecule has 0 aliphatic carbocycles. The van der Waals surface area contributed by atoms with Crippen molar-refractivity contribution in [1.82, 2.24) is 4.57 Å². The van der Waals surface area contributed by atoms with Crippen LogP contribution in [0, 0.1) is 5.82 Å². The number of carbonyl (C=O) groups excluding carboxylic acids is 2. The average Bonchev–Trinajstić information content (AvgIpc) is 3.14. The minimum atomic E-state index is -0.333. The number of benzene rings is 2. The normalized spacial score (nSPS) is 11.8. The number of ketones is 1. The van der Waals surface area contributed by atoms with Crippen LogP contribution in [0.1, 0.15) is 35.3 Å². The molecule has 1 amide bonds. The van der Waals surface area contributed by atoms with E-state index in [1.54, 1.807) is 30.3 Å². The molecule has 1 aromatic heterocycles. The Bertz CT molecular complexity index is 902. The number of Topliss-reactive ketones (excluding diaryl/α,β-unsaturated/α-hetero) is 1. The number of halogens is 1. The van der Waals surface area contributed by atoms with Crippen LogP contribution in [0.25, 0.3) is 0 Å². The molecule has 0 fully saturated rings. The summed E-state index contributed by atoms with van der Waals surface area (Å²) in [5, 5.41) is 2.83. The topological polar surface area (TPSA) is 51.1 Å². The molecule has 0 aliphatic rings. The molecular weight excluding hydrogens is 331 g/mol. The lowest BCUT2D eigenvalue weighted by Crippen LogP contribution is -2.19. The van der Waals surface area contributed by atoms with E-state index in [9.17, 15) is 14.0 Å². The molecule has 0 spiro atoms. The molecule has 0 bridgehead atoms. The largest absolute Gasteiger partial charge is 0.346 e. The number of carbonyl (C=O) groups is 2. The molecule has 5 heteroatoms. The van der Waals surface area contributed by atoms with Crippen molar-refractivity contribution < 1.29 is 14.0 Å². The van der Waals surface area contributed by atoms with E-state index in [1.165, 1.54) is 19.1 Å². The van der Waals surface area contributed by atoms with Crippen LogP contribution in [-0.2, 0) is 4.79 Å². The van der Waals surface area contributed by atoms with Crippen molar-refractivity contribution in [2.24, 2.45) is 0 Å². The Labute approximate surface area is 151 Å². The third-order valence-electron chi connectivity index (χ3n) is 4.17. The van der Waals surface area contributed by atoms with Gasteiger partial charge in [-0.25, -0.2) is 4.39 Å². The van der Waals surface area contributed by atoms with Gasteiger partial charge in [-0.15, -0.1) is 0 Å². The van der Waals surface area contributed by atoms with Gasteiger partial charge in [0.25, 0.3) is 0 Å². The zero-order valence-corrected chi connectivity index (χ0v) is 14.4. The fraction of sp³-hybridized carbons (Fsp3) is 0.143. The number of aromatic nitrogens is 1. The summed E-state index contributed by atoms with van der Waals surface area (Å²) in [6.45, 7) is 1.49. The first-order chi connectivity index (χ1) is 12.5. The van der Waals surface area contributed by atoms with Crippen molar-refractivity contribution in [1.29, 1.82) is 0 Å². The molecular formula is C21H19FN2O2. The van der Waals surface area contributed by atoms with Gasteiger partial charge in [-0.3, -0.25) is 9.59 Å². The van der Waals surface area contributed by atoms with E-state index >= 15 is 0 Å². The fourth-order valence-corrected chi connectivity index (χ4v) is 2.84. The van der Waals surface area contributed by atoms with Crippen molar-refractivity contribution in [2.75, 3.05) is 5.32 Å². The second-order valence-corrected chi connectivity index (χ2v) is 6.09. The molecule has 3 rings (SSSR count). The monoisotopic (exact) mass is 350 g/mol. The number of hydrogen-bond acceptors (Lipinski definition) is 2. The Hall–Kier alpha value is -3.21. The molecule has 2 aromatic carbocycles. The first kappa shape index (κ1) is 17.6. The Morgan fingerprint density at radius 2 is 1.73 bits per heavy atom. The number of nitrogens with one attached hydrogen (secondary N) is 1. The summed E-state index contributed by atoms with van der Waals surface area (Å²) in [5.74, 6) is -0.551. The van der Waals surface area contributed by atoms with Crippen LogP contribution in [0.15, 0.2) is 73.1 Å². The van der Waals surface area contributed by atoms with Crippen LogP contribution in [-0.4, -0.2) is 16.3 Å². The SMILES string of the molecule is CC(=O)c1ccc(NC(=O)CC(c2cccc(F)c2)n2cccc2)cc1. The van der Waals surface area contributed by atoms with Crippen LogP contribution in [0.4, 0.5) is 10.1 Å². The Morgan fingerprint density at radius 3 is 2.35 bits per heavy atom. The van der Waals surface area contributed by atoms with Gasteiger partial charge in [0.15, 0.2) is 5.78 Å². The molecule has 0 aliphatic heterocycles. The third-order valence-corrected chi connectivity index (χ3v) is 4.17. The van der Waals surface area contributed by atoms with Gasteiger partial charge in [-0.05, 0) is 61.0 Å². The number of rotatable bonds is 6. The van der Waals surface area contributed by atoms with Crippen LogP contribution in [0.2, 0.25) is 0 Å². The van der Waals surface area contributed by atoms with E-state index in [0.717, 1.165) is 5.56 Å². The van der Waals surface area contributed by atoms with Gasteiger partial charge in [0, 0.05) is 23.6 Å². The van der Waals surface area contributed by atoms with Crippen molar-refractivity contribution in [2.45, 2.75) is 19.4 Å². The molecule has 132 valence electrons. The summed E-state index contributed by atoms with van der Waals surface area (Å²) in [4.78, 5) is 23.8. The van der Waals surface area contributed by atoms with E-state index in [2.05, 4.69) is 5.32 Å². The zero-order chi connectivity index (χ0) is 18.5. The molecule has 0 radical (unpaired) electrons. The molecule has 0 saturated carbocycles. The highest BCUT2D eigenvalue weighted by Crippen LogP contribution is 2.24. The molecule has 1 heterocycles. The predicted molar refractivity (Wildman–Crippen MR) is 98.7 cm³/mol. The van der Waals surface area contributed by atoms with Gasteiger partial charge in [0.1, 0.15) is 5.82 Å². The maximum atomic E-state index is 13.6. The lowest BCUT2D eigenvalue weighted by Gasteiger charge is -2.19. The molecule has 1 atom stereocenters. The molecule has 1 N–H and O–H groups in total. The number of nitrogens with zero attached hydrogens (tertiary/aromatic N) is 1. The van der Waals surface area contributed by atoms with Gasteiger partial charge in [0.05, 0.1) is 12.5 Å². The smallest absolute Gasteiger partial charge is 0.226 e. The average molecular weight is 350 g/mol. The Kier molecular flexibility index (Phi) is 5.27. The van der Waals surface area contributed by atoms with Crippen LogP contribution in [0.5, 0.6) is 0 Å². The number of anilines is 1. The van der Waals surface area contributed by atoms with E-state index in [4.69, 9.17) is 0 Å². The minimum absolute atomic E-state index is 0.0262. The summed E-state index contributed by atoms with van der Waals surface area (Å²) in [6, 6.07) is 16.4. The second kappa shape index (κ2) is 7.78. The quantitative estimate of drug-likeness (QED) is 0.668. The molecule has 26 heavy (non-hydrogen) atoms. The zero-order valence-electron chi connectivity index (χ0n) is 14.4. The van der Waals surface area contributed by atoms with Crippen molar-refractivity contribution in [3.05, 3.63) is 90.0 Å². The number of amides is 1. The van der Waals surface area contributed by atoms with Gasteiger partial charge in [0.2, 0.25) is 5.91 Å². The van der Waals surface area contributed by atoms with Gasteiger partial charge in [-0.1, -0.05) is 12.1 Å². The maximum Gasteiger partial charge on any atom is 0.226 e. The van der Waals surface area contributed by atoms with E-state index < -0.39 is 0 Å². The summed E-state index contributed by atoms with van der Waals surface area (Å²) >= 11 is 0. The highest BCUT2D eigenvalue weighted by Gasteiger charge is 2.18. The lowest BCUT2D eigenvalue weighted by molar-refractivity contribution is -0.116. The molecule has 1 unspecified atom stereocenters. The highest BCUT2D eigenvalue weighted by atomic mass is 19.1. The lowest BCUT2D eigenvalue weighted by atomic mass is 10.0. The standard InChI is InChI=1S/C21H19FN2O2/c1-15(25)16-7-9-19(10-8-16)23-21(26)14-20(24-11-2-3-12-24)17-5-4-6-18(22)13-17/h2-13,20H,14H2,1H3,(H,23,26). The minimum Gasteiger partial charge on any atom is -0.346 e. The van der Waals surface area contributed by atoms with Crippen molar-refractivity contribution in [3.63, 3.8) is 0 Å². The summed E-state index contributed by atoms with van der Waals surface area (Å²) in [5.41, 5.74) is 1.93. The van der Waals surface area contributed by atoms with E-state index in [0.29, 0.717) is 11.3 Å². The first-order valence-corrected chi connectivity index (χ1v) is 8.32. The van der Waals surface area contributed by atoms with E-state index in [-0.39, 0.29) is 30.0 Å². The van der Waals surface area contributed by atoms with Gasteiger partial charge < -0.3 is 9.88 Å². The first-order valence-electron chi connectivity index (χ1n) is 8.32. The highest BCUT2D eigenvalue weighted by molar-refractivity contribution is 5.95. The molecule has 4 nitrogen and oxygen atoms in total. The summed E-state index contributed by atoms with van der Waals surface area (Å²) < 4.78 is 15.5. The number of hydrogen-bond donors (Lipinski definition) is 1. The molecule has 3 aromatic rings. The van der Waals surface area contributed by atoms with Gasteiger partial charge in [-0.2, -0.15) is 0 Å². The van der Waals surface area contributed by atoms with E-state index in [1.807, 2.05) is 35.2 Å².